The van der Waals surface area contributed by atoms with Gasteiger partial charge in [0.05, 0.1) is 12.1 Å². The Balaban J connectivity index is 0.653. The fraction of sp³-hybridized carbons (Fsp3) is 0.438. The van der Waals surface area contributed by atoms with Crippen molar-refractivity contribution in [2.75, 3.05) is 25.0 Å². The minimum absolute atomic E-state index is 0.0244. The Morgan fingerprint density at radius 2 is 1.34 bits per heavy atom. The Bertz CT molecular complexity index is 3130. The molecule has 77 heavy (non-hydrogen) atoms. The predicted molar refractivity (Wildman–Crippen MR) is 311 cm³/mol. The van der Waals surface area contributed by atoms with Crippen LogP contribution in [0.2, 0.25) is 0 Å². The van der Waals surface area contributed by atoms with Crippen molar-refractivity contribution in [1.29, 1.82) is 0 Å². The van der Waals surface area contributed by atoms with Gasteiger partial charge in [-0.15, -0.1) is 21.5 Å². The summed E-state index contributed by atoms with van der Waals surface area (Å²) >= 11 is 1.67. The zero-order valence-corrected chi connectivity index (χ0v) is 46.9. The third kappa shape index (κ3) is 13.6. The Hall–Kier alpha value is -6.86. The van der Waals surface area contributed by atoms with E-state index in [0.717, 1.165) is 83.0 Å². The Kier molecular flexibility index (Phi) is 18.2. The number of amides is 2. The third-order valence-electron chi connectivity index (χ3n) is 15.2. The van der Waals surface area contributed by atoms with E-state index in [-0.39, 0.29) is 30.3 Å². The lowest BCUT2D eigenvalue weighted by Gasteiger charge is -2.24. The van der Waals surface area contributed by atoms with Crippen LogP contribution in [0.4, 0.5) is 10.5 Å². The highest BCUT2D eigenvalue weighted by Crippen LogP contribution is 2.45. The van der Waals surface area contributed by atoms with Gasteiger partial charge >= 0.3 is 12.1 Å². The summed E-state index contributed by atoms with van der Waals surface area (Å²) in [6.07, 6.45) is 18.2. The molecule has 4 heterocycles. The fourth-order valence-electron chi connectivity index (χ4n) is 11.1. The zero-order valence-electron chi connectivity index (χ0n) is 46.1. The third-order valence-corrected chi connectivity index (χ3v) is 16.4. The van der Waals surface area contributed by atoms with Crippen LogP contribution >= 0.6 is 11.3 Å². The van der Waals surface area contributed by atoms with Gasteiger partial charge in [0.15, 0.2) is 5.82 Å². The number of aromatic nitrogens is 4. The highest BCUT2D eigenvalue weighted by Gasteiger charge is 2.34. The second kappa shape index (κ2) is 25.5. The van der Waals surface area contributed by atoms with E-state index in [1.165, 1.54) is 89.4 Å². The summed E-state index contributed by atoms with van der Waals surface area (Å²) in [6, 6.07) is 32.6. The van der Waals surface area contributed by atoms with Crippen LogP contribution in [0.3, 0.4) is 0 Å². The van der Waals surface area contributed by atoms with E-state index in [0.29, 0.717) is 31.9 Å². The zero-order chi connectivity index (χ0) is 53.9. The minimum Gasteiger partial charge on any atom is -0.460 e. The molecule has 12 nitrogen and oxygen atoms in total. The lowest BCUT2D eigenvalue weighted by atomic mass is 9.98. The summed E-state index contributed by atoms with van der Waals surface area (Å²) in [5.74, 6) is 1.08. The standard InChI is InChI=1S/C64H77N7O5S/c1-43-44(2)77-62-59(43)60(67-56(40-58(73)76-64(4,5)6)61-69-68-45(3)71(61)62)46-33-35-48(36-34-46)66-57(72)32-18-16-14-12-10-8-7-9-11-13-15-17-25-38-70(39-37-47-41-65-55-31-24-23-26-49(47)55)63(74)75-42-54-52-29-21-19-27-50(52)51-28-20-22-30-53(51)54/h19-24,26-31,33-36,41,54,56,65H,7-18,25,32,37-40,42H2,1-6H3,(H,66,72)/t56-/m0/s1. The van der Waals surface area contributed by atoms with Crippen molar-refractivity contribution in [2.24, 2.45) is 4.99 Å². The summed E-state index contributed by atoms with van der Waals surface area (Å²) in [5, 5.41) is 14.2. The maximum atomic E-state index is 13.8. The number of aliphatic imine (C=N–C) groups is 1. The molecule has 2 amide bonds. The van der Waals surface area contributed by atoms with Gasteiger partial charge in [-0.1, -0.05) is 149 Å². The number of unbranched alkanes of at least 4 members (excludes halogenated alkanes) is 12. The number of nitrogens with zero attached hydrogens (tertiary/aromatic N) is 5. The summed E-state index contributed by atoms with van der Waals surface area (Å²) in [4.78, 5) is 51.7. The van der Waals surface area contributed by atoms with Crippen LogP contribution in [0.15, 0.2) is 108 Å². The molecule has 2 aliphatic rings. The van der Waals surface area contributed by atoms with Crippen LogP contribution in [-0.4, -0.2) is 73.6 Å². The molecule has 1 aliphatic carbocycles. The van der Waals surface area contributed by atoms with Crippen LogP contribution in [0.5, 0.6) is 0 Å². The molecule has 2 N–H and O–H groups in total. The number of carbonyl (C=O) groups is 3. The number of hydrogen-bond acceptors (Lipinski definition) is 9. The molecule has 0 saturated heterocycles. The first-order chi connectivity index (χ1) is 37.3. The van der Waals surface area contributed by atoms with Crippen molar-refractivity contribution in [1.82, 2.24) is 24.6 Å². The van der Waals surface area contributed by atoms with Gasteiger partial charge < -0.3 is 24.7 Å². The average molecular weight is 1060 g/mol. The Labute approximate surface area is 459 Å². The van der Waals surface area contributed by atoms with E-state index in [4.69, 9.17) is 14.5 Å². The topological polar surface area (TPSA) is 144 Å². The summed E-state index contributed by atoms with van der Waals surface area (Å²) in [6.45, 7) is 13.4. The number of benzene rings is 4. The molecule has 0 bridgehead atoms. The van der Waals surface area contributed by atoms with E-state index in [2.05, 4.69) is 107 Å². The average Bonchev–Trinajstić information content (AvgIpc) is 4.16. The highest BCUT2D eigenvalue weighted by molar-refractivity contribution is 7.15. The predicted octanol–water partition coefficient (Wildman–Crippen LogP) is 15.3. The number of ether oxygens (including phenoxy) is 2. The first-order valence-electron chi connectivity index (χ1n) is 28.2. The number of H-pyrrole nitrogens is 1. The van der Waals surface area contributed by atoms with E-state index in [1.807, 2.05) is 67.5 Å². The van der Waals surface area contributed by atoms with Crippen molar-refractivity contribution in [3.63, 3.8) is 0 Å². The van der Waals surface area contributed by atoms with E-state index in [9.17, 15) is 14.4 Å². The van der Waals surface area contributed by atoms with Crippen LogP contribution < -0.4 is 5.32 Å². The number of anilines is 1. The molecular formula is C64H77N7O5S. The van der Waals surface area contributed by atoms with Crippen molar-refractivity contribution < 1.29 is 23.9 Å². The maximum Gasteiger partial charge on any atom is 0.409 e. The molecule has 4 aromatic carbocycles. The van der Waals surface area contributed by atoms with Crippen LogP contribution in [0.1, 0.15) is 179 Å². The smallest absolute Gasteiger partial charge is 0.409 e. The number of carbonyl (C=O) groups excluding carboxylic acids is 3. The molecule has 13 heteroatoms. The Morgan fingerprint density at radius 1 is 0.727 bits per heavy atom. The van der Waals surface area contributed by atoms with E-state index >= 15 is 0 Å². The molecule has 9 rings (SSSR count). The SMILES string of the molecule is Cc1sc2c(c1C)C(c1ccc(NC(=O)CCCCCCCCCCCCCCCN(CCc3c[nH]c4ccccc34)C(=O)OCC3c4ccccc4-c4ccccc43)cc1)=N[C@@H](CC(=O)OC(C)(C)C)c1nnc(C)n1-2. The molecule has 0 radical (unpaired) electrons. The Morgan fingerprint density at radius 3 is 2.00 bits per heavy atom. The van der Waals surface area contributed by atoms with Crippen molar-refractivity contribution >= 4 is 51.6 Å². The normalized spacial score (nSPS) is 13.8. The molecular weight excluding hydrogens is 979 g/mol. The van der Waals surface area contributed by atoms with Gasteiger partial charge in [0, 0.05) is 64.2 Å². The maximum absolute atomic E-state index is 13.8. The number of para-hydroxylation sites is 1. The van der Waals surface area contributed by atoms with Crippen molar-refractivity contribution in [3.05, 3.63) is 153 Å². The molecule has 0 spiro atoms. The summed E-state index contributed by atoms with van der Waals surface area (Å²) in [7, 11) is 0. The minimum atomic E-state index is -0.621. The van der Waals surface area contributed by atoms with E-state index < -0.39 is 11.6 Å². The van der Waals surface area contributed by atoms with Crippen LogP contribution in [0, 0.1) is 20.8 Å². The second-order valence-electron chi connectivity index (χ2n) is 22.1. The summed E-state index contributed by atoms with van der Waals surface area (Å²) in [5.41, 5.74) is 11.2. The van der Waals surface area contributed by atoms with Gasteiger partial charge in [0.1, 0.15) is 29.1 Å². The highest BCUT2D eigenvalue weighted by atomic mass is 32.1. The number of thiophene rings is 1. The second-order valence-corrected chi connectivity index (χ2v) is 23.3. The van der Waals surface area contributed by atoms with Crippen LogP contribution in [0.25, 0.3) is 27.0 Å². The van der Waals surface area contributed by atoms with Gasteiger partial charge in [-0.3, -0.25) is 19.1 Å². The number of aryl methyl sites for hydroxylation is 2. The molecule has 7 aromatic rings. The number of esters is 1. The van der Waals surface area contributed by atoms with Gasteiger partial charge in [0.2, 0.25) is 5.91 Å². The number of rotatable bonds is 25. The first-order valence-corrected chi connectivity index (χ1v) is 29.0. The number of nitrogens with one attached hydrogen (secondary N) is 2. The van der Waals surface area contributed by atoms with E-state index in [1.54, 1.807) is 11.3 Å². The molecule has 1 aliphatic heterocycles. The fourth-order valence-corrected chi connectivity index (χ4v) is 12.3. The van der Waals surface area contributed by atoms with Crippen molar-refractivity contribution in [2.45, 2.75) is 162 Å². The number of hydrogen-bond donors (Lipinski definition) is 2. The molecule has 3 aromatic heterocycles. The number of aromatic amines is 1. The van der Waals surface area contributed by atoms with Gasteiger partial charge in [0.25, 0.3) is 0 Å². The first kappa shape index (κ1) is 54.9. The molecule has 1 atom stereocenters. The molecule has 0 saturated carbocycles. The molecule has 404 valence electrons. The lowest BCUT2D eigenvalue weighted by molar-refractivity contribution is -0.155. The quantitative estimate of drug-likeness (QED) is 0.0428. The largest absolute Gasteiger partial charge is 0.460 e. The lowest BCUT2D eigenvalue weighted by Crippen LogP contribution is -2.35. The van der Waals surface area contributed by atoms with Crippen molar-refractivity contribution in [3.8, 4) is 16.1 Å². The number of fused-ring (bicyclic) bond motifs is 7. The van der Waals surface area contributed by atoms with Crippen LogP contribution in [-0.2, 0) is 25.5 Å². The van der Waals surface area contributed by atoms with Gasteiger partial charge in [-0.25, -0.2) is 4.79 Å². The summed E-state index contributed by atoms with van der Waals surface area (Å²) < 4.78 is 13.9. The molecule has 0 unspecified atom stereocenters. The van der Waals surface area contributed by atoms with Gasteiger partial charge in [-0.05, 0) is 112 Å². The monoisotopic (exact) mass is 1060 g/mol. The van der Waals surface area contributed by atoms with Gasteiger partial charge in [-0.2, -0.15) is 0 Å². The molecule has 0 fully saturated rings.